The van der Waals surface area contributed by atoms with E-state index >= 15 is 0 Å². The number of hydrogen-bond donors (Lipinski definition) is 1. The van der Waals surface area contributed by atoms with E-state index in [0.717, 1.165) is 26.9 Å². The van der Waals surface area contributed by atoms with Crippen LogP contribution in [0.2, 0.25) is 0 Å². The fourth-order valence-electron chi connectivity index (χ4n) is 1.97. The Labute approximate surface area is 119 Å². The topological polar surface area (TPSA) is 37.8 Å². The van der Waals surface area contributed by atoms with Crippen LogP contribution < -0.4 is 5.32 Å². The summed E-state index contributed by atoms with van der Waals surface area (Å²) in [6, 6.07) is 14.1. The quantitative estimate of drug-likeness (QED) is 0.759. The molecule has 0 aliphatic heterocycles. The van der Waals surface area contributed by atoms with Gasteiger partial charge in [0.15, 0.2) is 0 Å². The molecule has 0 bridgehead atoms. The smallest absolute Gasteiger partial charge is 0.141 e. The molecule has 0 amide bonds. The van der Waals surface area contributed by atoms with E-state index in [4.69, 9.17) is 0 Å². The van der Waals surface area contributed by atoms with Crippen molar-refractivity contribution in [2.75, 3.05) is 5.32 Å². The minimum Gasteiger partial charge on any atom is -0.339 e. The number of nitrogens with zero attached hydrogens (tertiary/aromatic N) is 2. The van der Waals surface area contributed by atoms with E-state index in [-0.39, 0.29) is 0 Å². The fourth-order valence-corrected chi connectivity index (χ4v) is 2.33. The van der Waals surface area contributed by atoms with Gasteiger partial charge in [-0.25, -0.2) is 9.97 Å². The summed E-state index contributed by atoms with van der Waals surface area (Å²) in [5, 5.41) is 4.37. The first-order chi connectivity index (χ1) is 9.24. The van der Waals surface area contributed by atoms with Crippen molar-refractivity contribution in [1.82, 2.24) is 9.97 Å². The van der Waals surface area contributed by atoms with Gasteiger partial charge < -0.3 is 5.32 Å². The first kappa shape index (κ1) is 12.1. The number of para-hydroxylation sites is 1. The Balaban J connectivity index is 2.10. The minimum atomic E-state index is 0.820. The minimum absolute atomic E-state index is 0.820. The van der Waals surface area contributed by atoms with Crippen molar-refractivity contribution in [2.45, 2.75) is 6.92 Å². The van der Waals surface area contributed by atoms with Crippen molar-refractivity contribution in [2.24, 2.45) is 0 Å². The zero-order chi connectivity index (χ0) is 13.2. The summed E-state index contributed by atoms with van der Waals surface area (Å²) in [4.78, 5) is 8.62. The van der Waals surface area contributed by atoms with Gasteiger partial charge in [-0.2, -0.15) is 0 Å². The second-order valence-corrected chi connectivity index (χ2v) is 5.24. The molecule has 94 valence electrons. The van der Waals surface area contributed by atoms with Crippen molar-refractivity contribution < 1.29 is 0 Å². The molecule has 0 atom stereocenters. The summed E-state index contributed by atoms with van der Waals surface area (Å²) in [5.41, 5.74) is 3.17. The molecule has 3 nitrogen and oxygen atoms in total. The Morgan fingerprint density at radius 2 is 1.89 bits per heavy atom. The summed E-state index contributed by atoms with van der Waals surface area (Å²) < 4.78 is 1.02. The van der Waals surface area contributed by atoms with Gasteiger partial charge in [-0.15, -0.1) is 0 Å². The van der Waals surface area contributed by atoms with E-state index in [1.54, 1.807) is 6.33 Å². The molecular formula is C15H12BrN3. The van der Waals surface area contributed by atoms with Crippen LogP contribution in [0.4, 0.5) is 11.5 Å². The van der Waals surface area contributed by atoms with Crippen LogP contribution in [0.25, 0.3) is 10.9 Å². The van der Waals surface area contributed by atoms with Gasteiger partial charge >= 0.3 is 0 Å². The van der Waals surface area contributed by atoms with E-state index in [1.165, 1.54) is 5.56 Å². The predicted molar refractivity (Wildman–Crippen MR) is 81.7 cm³/mol. The summed E-state index contributed by atoms with van der Waals surface area (Å²) in [6.07, 6.45) is 1.58. The number of fused-ring (bicyclic) bond motifs is 1. The SMILES string of the molecule is Cc1ccccc1Nc1ncnc2ccc(Br)cc12. The molecule has 0 saturated heterocycles. The van der Waals surface area contributed by atoms with Gasteiger partial charge in [-0.05, 0) is 36.8 Å². The third kappa shape index (κ3) is 2.44. The zero-order valence-electron chi connectivity index (χ0n) is 10.4. The molecule has 0 aliphatic carbocycles. The van der Waals surface area contributed by atoms with Gasteiger partial charge in [0.2, 0.25) is 0 Å². The second-order valence-electron chi connectivity index (χ2n) is 4.32. The number of aryl methyl sites for hydroxylation is 1. The molecule has 0 fully saturated rings. The molecule has 0 aliphatic rings. The van der Waals surface area contributed by atoms with Crippen LogP contribution in [0.5, 0.6) is 0 Å². The number of nitrogens with one attached hydrogen (secondary N) is 1. The summed E-state index contributed by atoms with van der Waals surface area (Å²) >= 11 is 3.48. The Morgan fingerprint density at radius 1 is 1.05 bits per heavy atom. The number of rotatable bonds is 2. The Hall–Kier alpha value is -1.94. The van der Waals surface area contributed by atoms with E-state index in [9.17, 15) is 0 Å². The van der Waals surface area contributed by atoms with E-state index in [1.807, 2.05) is 36.4 Å². The maximum absolute atomic E-state index is 4.34. The van der Waals surface area contributed by atoms with Crippen LogP contribution in [0.3, 0.4) is 0 Å². The highest BCUT2D eigenvalue weighted by Crippen LogP contribution is 2.26. The average Bonchev–Trinajstić information content (AvgIpc) is 2.42. The molecule has 1 heterocycles. The lowest BCUT2D eigenvalue weighted by Crippen LogP contribution is -1.97. The number of halogens is 1. The molecule has 3 rings (SSSR count). The highest BCUT2D eigenvalue weighted by Gasteiger charge is 2.05. The highest BCUT2D eigenvalue weighted by molar-refractivity contribution is 9.10. The van der Waals surface area contributed by atoms with Crippen LogP contribution in [-0.4, -0.2) is 9.97 Å². The maximum atomic E-state index is 4.34. The molecule has 1 N–H and O–H groups in total. The zero-order valence-corrected chi connectivity index (χ0v) is 12.0. The standard InChI is InChI=1S/C15H12BrN3/c1-10-4-2-3-5-13(10)19-15-12-8-11(16)6-7-14(12)17-9-18-15/h2-9H,1H3,(H,17,18,19). The normalized spacial score (nSPS) is 10.6. The van der Waals surface area contributed by atoms with Crippen molar-refractivity contribution >= 4 is 38.3 Å². The van der Waals surface area contributed by atoms with Gasteiger partial charge in [-0.3, -0.25) is 0 Å². The summed E-state index contributed by atoms with van der Waals surface area (Å²) in [5.74, 6) is 0.820. The molecule has 0 saturated carbocycles. The number of hydrogen-bond acceptors (Lipinski definition) is 3. The summed E-state index contributed by atoms with van der Waals surface area (Å²) in [7, 11) is 0. The molecule has 1 aromatic heterocycles. The molecule has 0 spiro atoms. The Morgan fingerprint density at radius 3 is 2.74 bits per heavy atom. The molecule has 2 aromatic carbocycles. The average molecular weight is 314 g/mol. The molecule has 19 heavy (non-hydrogen) atoms. The Bertz CT molecular complexity index is 740. The van der Waals surface area contributed by atoms with Gasteiger partial charge in [0, 0.05) is 15.5 Å². The highest BCUT2D eigenvalue weighted by atomic mass is 79.9. The molecule has 0 unspecified atom stereocenters. The van der Waals surface area contributed by atoms with Gasteiger partial charge in [-0.1, -0.05) is 34.1 Å². The Kier molecular flexibility index (Phi) is 3.17. The largest absolute Gasteiger partial charge is 0.339 e. The van der Waals surface area contributed by atoms with Crippen LogP contribution >= 0.6 is 15.9 Å². The van der Waals surface area contributed by atoms with Crippen LogP contribution in [-0.2, 0) is 0 Å². The van der Waals surface area contributed by atoms with Crippen LogP contribution in [0.15, 0.2) is 53.3 Å². The van der Waals surface area contributed by atoms with Gasteiger partial charge in [0.1, 0.15) is 12.1 Å². The summed E-state index contributed by atoms with van der Waals surface area (Å²) in [6.45, 7) is 2.07. The first-order valence-corrected chi connectivity index (χ1v) is 6.76. The fraction of sp³-hybridized carbons (Fsp3) is 0.0667. The monoisotopic (exact) mass is 313 g/mol. The molecule has 3 aromatic rings. The third-order valence-corrected chi connectivity index (χ3v) is 3.49. The third-order valence-electron chi connectivity index (χ3n) is 3.00. The molecule has 4 heteroatoms. The van der Waals surface area contributed by atoms with Gasteiger partial charge in [0.25, 0.3) is 0 Å². The van der Waals surface area contributed by atoms with E-state index in [0.29, 0.717) is 0 Å². The second kappa shape index (κ2) is 4.97. The predicted octanol–water partition coefficient (Wildman–Crippen LogP) is 4.44. The lowest BCUT2D eigenvalue weighted by molar-refractivity contribution is 1.21. The van der Waals surface area contributed by atoms with Crippen molar-refractivity contribution in [3.05, 3.63) is 58.8 Å². The van der Waals surface area contributed by atoms with E-state index in [2.05, 4.69) is 44.2 Å². The maximum Gasteiger partial charge on any atom is 0.141 e. The van der Waals surface area contributed by atoms with Crippen molar-refractivity contribution in [3.8, 4) is 0 Å². The lowest BCUT2D eigenvalue weighted by Gasteiger charge is -2.10. The van der Waals surface area contributed by atoms with Crippen LogP contribution in [0, 0.1) is 6.92 Å². The molecular weight excluding hydrogens is 302 g/mol. The van der Waals surface area contributed by atoms with E-state index < -0.39 is 0 Å². The number of aromatic nitrogens is 2. The first-order valence-electron chi connectivity index (χ1n) is 5.97. The van der Waals surface area contributed by atoms with Gasteiger partial charge in [0.05, 0.1) is 5.52 Å². The molecule has 0 radical (unpaired) electrons. The lowest BCUT2D eigenvalue weighted by atomic mass is 10.2. The van der Waals surface area contributed by atoms with Crippen LogP contribution in [0.1, 0.15) is 5.56 Å². The number of anilines is 2. The number of benzene rings is 2. The van der Waals surface area contributed by atoms with Crippen molar-refractivity contribution in [1.29, 1.82) is 0 Å². The van der Waals surface area contributed by atoms with Crippen molar-refractivity contribution in [3.63, 3.8) is 0 Å².